The average Bonchev–Trinajstić information content (AvgIpc) is 3.60. The van der Waals surface area contributed by atoms with E-state index in [4.69, 9.17) is 4.74 Å². The molecule has 0 bridgehead atoms. The van der Waals surface area contributed by atoms with Gasteiger partial charge < -0.3 is 9.84 Å². The van der Waals surface area contributed by atoms with Gasteiger partial charge in [0, 0.05) is 16.5 Å². The number of rotatable bonds is 7. The van der Waals surface area contributed by atoms with E-state index in [-0.39, 0.29) is 15.7 Å². The number of methoxy groups -OCH3 is 1. The van der Waals surface area contributed by atoms with Crippen LogP contribution < -0.4 is 10.3 Å². The first-order chi connectivity index (χ1) is 17.4. The third-order valence-corrected chi connectivity index (χ3v) is 7.07. The fourth-order valence-corrected chi connectivity index (χ4v) is 4.96. The average molecular weight is 519 g/mol. The van der Waals surface area contributed by atoms with Gasteiger partial charge >= 0.3 is 11.5 Å². The number of carbonyl (C=O) groups is 1. The van der Waals surface area contributed by atoms with Gasteiger partial charge in [-0.05, 0) is 31.2 Å². The Morgan fingerprint density at radius 3 is 2.47 bits per heavy atom. The number of carboxylic acids is 1. The predicted octanol–water partition coefficient (Wildman–Crippen LogP) is 5.84. The van der Waals surface area contributed by atoms with E-state index in [1.165, 1.54) is 16.0 Å². The fraction of sp³-hybridized carbons (Fsp3) is 0.0833. The van der Waals surface area contributed by atoms with Crippen LogP contribution in [0.25, 0.3) is 27.6 Å². The molecular formula is C24H18N6O4S2. The van der Waals surface area contributed by atoms with E-state index >= 15 is 0 Å². The number of aryl methyl sites for hydroxylation is 1. The van der Waals surface area contributed by atoms with Crippen molar-refractivity contribution in [2.45, 2.75) is 6.92 Å². The molecule has 0 aliphatic heterocycles. The summed E-state index contributed by atoms with van der Waals surface area (Å²) in [6, 6.07) is 16.7. The minimum absolute atomic E-state index is 0.0622. The number of benzene rings is 2. The maximum absolute atomic E-state index is 13.4. The minimum atomic E-state index is -1.09. The molecule has 0 spiro atoms. The number of hydrogen-bond acceptors (Lipinski definition) is 9. The van der Waals surface area contributed by atoms with Crippen molar-refractivity contribution in [1.29, 1.82) is 0 Å². The van der Waals surface area contributed by atoms with Crippen LogP contribution in [0.2, 0.25) is 0 Å². The number of azo groups is 1. The van der Waals surface area contributed by atoms with Gasteiger partial charge in [-0.15, -0.1) is 21.6 Å². The molecule has 0 aliphatic rings. The Morgan fingerprint density at radius 1 is 1.06 bits per heavy atom. The van der Waals surface area contributed by atoms with Crippen molar-refractivity contribution in [3.63, 3.8) is 0 Å². The molecular weight excluding hydrogens is 500 g/mol. The third kappa shape index (κ3) is 4.46. The summed E-state index contributed by atoms with van der Waals surface area (Å²) in [6.07, 6.45) is 0. The van der Waals surface area contributed by atoms with E-state index in [1.807, 2.05) is 60.0 Å². The van der Waals surface area contributed by atoms with Crippen molar-refractivity contribution in [3.05, 3.63) is 80.9 Å². The van der Waals surface area contributed by atoms with Gasteiger partial charge in [-0.3, -0.25) is 9.89 Å². The molecule has 3 heterocycles. The highest BCUT2D eigenvalue weighted by atomic mass is 32.1. The first kappa shape index (κ1) is 23.3. The number of aromatic nitrogens is 4. The molecule has 0 amide bonds. The lowest BCUT2D eigenvalue weighted by Gasteiger charge is -2.00. The number of hydrogen-bond donors (Lipinski definition) is 2. The zero-order valence-electron chi connectivity index (χ0n) is 19.0. The van der Waals surface area contributed by atoms with E-state index < -0.39 is 11.5 Å². The lowest BCUT2D eigenvalue weighted by molar-refractivity contribution is 0.0701. The summed E-state index contributed by atoms with van der Waals surface area (Å²) < 4.78 is 6.53. The topological polar surface area (TPSA) is 135 Å². The first-order valence-electron chi connectivity index (χ1n) is 10.6. The monoisotopic (exact) mass is 518 g/mol. The van der Waals surface area contributed by atoms with Gasteiger partial charge in [0.15, 0.2) is 5.69 Å². The molecule has 36 heavy (non-hydrogen) atoms. The number of nitrogens with zero attached hydrogens (tertiary/aromatic N) is 5. The van der Waals surface area contributed by atoms with Crippen molar-refractivity contribution in [1.82, 2.24) is 19.7 Å². The van der Waals surface area contributed by atoms with Gasteiger partial charge in [0.2, 0.25) is 10.3 Å². The highest BCUT2D eigenvalue weighted by Gasteiger charge is 2.20. The second kappa shape index (κ2) is 9.68. The SMILES string of the molecule is COc1ccc(-c2csc(-n3[nH]c(-c4ccccc4)c(N=Nc4nc(C)c(C(=O)O)s4)c3=O)n2)cc1. The minimum Gasteiger partial charge on any atom is -0.497 e. The Bertz CT molecular complexity index is 1630. The summed E-state index contributed by atoms with van der Waals surface area (Å²) in [6.45, 7) is 1.58. The second-order valence-corrected chi connectivity index (χ2v) is 9.32. The van der Waals surface area contributed by atoms with Crippen LogP contribution in [0.4, 0.5) is 10.8 Å². The van der Waals surface area contributed by atoms with Crippen LogP contribution in [0.15, 0.2) is 75.0 Å². The standard InChI is InChI=1S/C24H18N6O4S2/c1-13-20(22(32)33)36-23(25-13)28-27-19-18(15-6-4-3-5-7-15)29-30(21(19)31)24-26-17(12-35-24)14-8-10-16(34-2)11-9-14/h3-12,29H,1-2H3,(H,32,33). The molecule has 0 unspecified atom stereocenters. The normalized spacial score (nSPS) is 11.3. The number of ether oxygens (including phenoxy) is 1. The molecule has 0 saturated carbocycles. The summed E-state index contributed by atoms with van der Waals surface area (Å²) in [5.74, 6) is -0.347. The number of thiazole rings is 2. The zero-order valence-corrected chi connectivity index (χ0v) is 20.6. The van der Waals surface area contributed by atoms with Gasteiger partial charge in [0.1, 0.15) is 10.6 Å². The second-order valence-electron chi connectivity index (χ2n) is 7.50. The van der Waals surface area contributed by atoms with Crippen LogP contribution in [0, 0.1) is 6.92 Å². The van der Waals surface area contributed by atoms with Crippen LogP contribution in [-0.2, 0) is 0 Å². The molecule has 180 valence electrons. The number of aromatic amines is 1. The summed E-state index contributed by atoms with van der Waals surface area (Å²) >= 11 is 2.20. The molecule has 0 atom stereocenters. The molecule has 12 heteroatoms. The van der Waals surface area contributed by atoms with Gasteiger partial charge in [0.05, 0.1) is 24.2 Å². The van der Waals surface area contributed by atoms with E-state index in [2.05, 4.69) is 25.3 Å². The molecule has 10 nitrogen and oxygen atoms in total. The molecule has 3 aromatic heterocycles. The van der Waals surface area contributed by atoms with Crippen LogP contribution in [0.5, 0.6) is 5.75 Å². The molecule has 0 aliphatic carbocycles. The molecule has 0 saturated heterocycles. The van der Waals surface area contributed by atoms with E-state index in [0.29, 0.717) is 22.2 Å². The summed E-state index contributed by atoms with van der Waals surface area (Å²) in [5.41, 5.74) is 2.74. The zero-order chi connectivity index (χ0) is 25.2. The number of H-pyrrole nitrogens is 1. The van der Waals surface area contributed by atoms with Gasteiger partial charge in [-0.25, -0.2) is 14.8 Å². The smallest absolute Gasteiger partial charge is 0.347 e. The Kier molecular flexibility index (Phi) is 6.27. The molecule has 5 aromatic rings. The van der Waals surface area contributed by atoms with Crippen LogP contribution >= 0.6 is 22.7 Å². The maximum Gasteiger partial charge on any atom is 0.347 e. The van der Waals surface area contributed by atoms with E-state index in [1.54, 1.807) is 14.0 Å². The van der Waals surface area contributed by atoms with Crippen LogP contribution in [0.3, 0.4) is 0 Å². The highest BCUT2D eigenvalue weighted by Crippen LogP contribution is 2.31. The molecule has 2 aromatic carbocycles. The molecule has 2 N–H and O–H groups in total. The molecule has 0 fully saturated rings. The number of nitrogens with one attached hydrogen (secondary N) is 1. The Balaban J connectivity index is 1.56. The third-order valence-electron chi connectivity index (χ3n) is 5.21. The number of aromatic carboxylic acids is 1. The lowest BCUT2D eigenvalue weighted by Crippen LogP contribution is -2.13. The predicted molar refractivity (Wildman–Crippen MR) is 137 cm³/mol. The van der Waals surface area contributed by atoms with Crippen molar-refractivity contribution in [3.8, 4) is 33.4 Å². The van der Waals surface area contributed by atoms with E-state index in [9.17, 15) is 14.7 Å². The van der Waals surface area contributed by atoms with E-state index in [0.717, 1.165) is 28.2 Å². The van der Waals surface area contributed by atoms with Crippen molar-refractivity contribution < 1.29 is 14.6 Å². The van der Waals surface area contributed by atoms with Crippen LogP contribution in [-0.4, -0.2) is 37.9 Å². The summed E-state index contributed by atoms with van der Waals surface area (Å²) in [5, 5.41) is 23.1. The summed E-state index contributed by atoms with van der Waals surface area (Å²) in [7, 11) is 1.60. The van der Waals surface area contributed by atoms with Gasteiger partial charge in [0.25, 0.3) is 0 Å². The summed E-state index contributed by atoms with van der Waals surface area (Å²) in [4.78, 5) is 33.6. The Morgan fingerprint density at radius 2 is 1.81 bits per heavy atom. The Labute approximate surface area is 212 Å². The fourth-order valence-electron chi connectivity index (χ4n) is 3.44. The highest BCUT2D eigenvalue weighted by molar-refractivity contribution is 7.17. The molecule has 0 radical (unpaired) electrons. The molecule has 5 rings (SSSR count). The largest absolute Gasteiger partial charge is 0.497 e. The number of carboxylic acid groups (broad SMARTS) is 1. The van der Waals surface area contributed by atoms with Gasteiger partial charge in [-0.2, -0.15) is 4.68 Å². The first-order valence-corrected chi connectivity index (χ1v) is 12.3. The van der Waals surface area contributed by atoms with Gasteiger partial charge in [-0.1, -0.05) is 41.7 Å². The van der Waals surface area contributed by atoms with Crippen molar-refractivity contribution in [2.75, 3.05) is 7.11 Å². The van der Waals surface area contributed by atoms with Crippen molar-refractivity contribution >= 4 is 39.5 Å². The quantitative estimate of drug-likeness (QED) is 0.260. The lowest BCUT2D eigenvalue weighted by atomic mass is 10.1. The maximum atomic E-state index is 13.4. The Hall–Kier alpha value is -4.42. The van der Waals surface area contributed by atoms with Crippen molar-refractivity contribution in [2.24, 2.45) is 10.2 Å². The van der Waals surface area contributed by atoms with Crippen LogP contribution in [0.1, 0.15) is 15.4 Å².